The van der Waals surface area contributed by atoms with Crippen molar-refractivity contribution in [1.29, 1.82) is 0 Å². The number of benzene rings is 1. The Morgan fingerprint density at radius 3 is 2.43 bits per heavy atom. The number of sulfonamides is 1. The number of aryl methyl sites for hydroxylation is 2. The van der Waals surface area contributed by atoms with Gasteiger partial charge >= 0.3 is 0 Å². The van der Waals surface area contributed by atoms with Crippen molar-refractivity contribution in [2.45, 2.75) is 18.7 Å². The zero-order chi connectivity index (χ0) is 20.3. The van der Waals surface area contributed by atoms with Crippen molar-refractivity contribution >= 4 is 27.3 Å². The number of carbonyl (C=O) groups is 1. The number of carbonyl (C=O) groups excluding carboxylic acids is 1. The third-order valence-electron chi connectivity index (χ3n) is 4.53. The van der Waals surface area contributed by atoms with Crippen molar-refractivity contribution < 1.29 is 22.5 Å². The summed E-state index contributed by atoms with van der Waals surface area (Å²) in [6, 6.07) is 7.44. The fraction of sp³-hybridized carbons (Fsp3) is 0.444. The molecule has 0 aliphatic carbocycles. The third-order valence-corrected chi connectivity index (χ3v) is 6.58. The number of hydrogen-bond acceptors (Lipinski definition) is 7. The van der Waals surface area contributed by atoms with Crippen molar-refractivity contribution in [3.8, 4) is 0 Å². The number of aromatic nitrogens is 1. The molecule has 0 atom stereocenters. The number of morpholine rings is 1. The second-order valence-corrected chi connectivity index (χ2v) is 8.59. The predicted octanol–water partition coefficient (Wildman–Crippen LogP) is 1.39. The van der Waals surface area contributed by atoms with E-state index in [1.54, 1.807) is 19.1 Å². The molecular formula is C18H24N4O5S. The Bertz CT molecular complexity index is 914. The first-order valence-electron chi connectivity index (χ1n) is 8.91. The summed E-state index contributed by atoms with van der Waals surface area (Å²) >= 11 is 0. The Labute approximate surface area is 164 Å². The average Bonchev–Trinajstić information content (AvgIpc) is 3.02. The molecular weight excluding hydrogens is 384 g/mol. The van der Waals surface area contributed by atoms with Crippen molar-refractivity contribution in [3.05, 3.63) is 35.7 Å². The Balaban J connectivity index is 1.62. The van der Waals surface area contributed by atoms with Gasteiger partial charge in [0.15, 0.2) is 5.76 Å². The fourth-order valence-electron chi connectivity index (χ4n) is 3.06. The maximum absolute atomic E-state index is 12.7. The van der Waals surface area contributed by atoms with Crippen molar-refractivity contribution in [3.63, 3.8) is 0 Å². The predicted molar refractivity (Wildman–Crippen MR) is 104 cm³/mol. The summed E-state index contributed by atoms with van der Waals surface area (Å²) in [7, 11) is -2.52. The second kappa shape index (κ2) is 8.29. The molecule has 0 spiro atoms. The molecule has 10 heteroatoms. The smallest absolute Gasteiger partial charge is 0.248 e. The number of ether oxygens (including phenoxy) is 1. The number of rotatable bonds is 6. The highest BCUT2D eigenvalue weighted by Gasteiger charge is 2.29. The number of anilines is 2. The molecule has 28 heavy (non-hydrogen) atoms. The second-order valence-electron chi connectivity index (χ2n) is 6.61. The van der Waals surface area contributed by atoms with Gasteiger partial charge in [0.25, 0.3) is 0 Å². The minimum Gasteiger partial charge on any atom is -0.378 e. The summed E-state index contributed by atoms with van der Waals surface area (Å²) in [6.07, 6.45) is 0. The van der Waals surface area contributed by atoms with E-state index < -0.39 is 15.9 Å². The molecule has 1 aliphatic heterocycles. The lowest BCUT2D eigenvalue weighted by atomic mass is 10.2. The SMILES string of the molecule is Cc1noc(C)c1S(=O)(=O)N(C)CC(=O)Nc1ccc(N2CCOCC2)cc1. The highest BCUT2D eigenvalue weighted by Crippen LogP contribution is 2.23. The van der Waals surface area contributed by atoms with E-state index in [4.69, 9.17) is 9.26 Å². The van der Waals surface area contributed by atoms with Gasteiger partial charge in [-0.15, -0.1) is 0 Å². The van der Waals surface area contributed by atoms with Gasteiger partial charge in [0.1, 0.15) is 10.6 Å². The molecule has 1 fully saturated rings. The van der Waals surface area contributed by atoms with Crippen LogP contribution in [0.2, 0.25) is 0 Å². The van der Waals surface area contributed by atoms with Crippen LogP contribution in [0.5, 0.6) is 0 Å². The summed E-state index contributed by atoms with van der Waals surface area (Å²) in [4.78, 5) is 14.5. The van der Waals surface area contributed by atoms with Crippen molar-refractivity contribution in [2.75, 3.05) is 50.1 Å². The molecule has 1 aromatic heterocycles. The number of hydrogen-bond donors (Lipinski definition) is 1. The topological polar surface area (TPSA) is 105 Å². The first kappa shape index (κ1) is 20.3. The number of likely N-dealkylation sites (N-methyl/N-ethyl adjacent to an activating group) is 1. The molecule has 3 rings (SSSR count). The molecule has 0 saturated carbocycles. The van der Waals surface area contributed by atoms with Gasteiger partial charge in [-0.05, 0) is 38.1 Å². The largest absolute Gasteiger partial charge is 0.378 e. The highest BCUT2D eigenvalue weighted by molar-refractivity contribution is 7.89. The first-order valence-corrected chi connectivity index (χ1v) is 10.3. The van der Waals surface area contributed by atoms with Gasteiger partial charge in [0.05, 0.1) is 19.8 Å². The van der Waals surface area contributed by atoms with E-state index >= 15 is 0 Å². The first-order chi connectivity index (χ1) is 13.3. The molecule has 1 amide bonds. The molecule has 0 bridgehead atoms. The molecule has 1 N–H and O–H groups in total. The van der Waals surface area contributed by atoms with Crippen molar-refractivity contribution in [2.24, 2.45) is 0 Å². The van der Waals surface area contributed by atoms with E-state index in [-0.39, 0.29) is 22.9 Å². The lowest BCUT2D eigenvalue weighted by Gasteiger charge is -2.28. The van der Waals surface area contributed by atoms with Crippen LogP contribution in [-0.2, 0) is 19.6 Å². The van der Waals surface area contributed by atoms with E-state index in [2.05, 4.69) is 15.4 Å². The van der Waals surface area contributed by atoms with E-state index in [9.17, 15) is 13.2 Å². The van der Waals surface area contributed by atoms with Gasteiger partial charge in [0.2, 0.25) is 15.9 Å². The van der Waals surface area contributed by atoms with Crippen LogP contribution in [0.4, 0.5) is 11.4 Å². The van der Waals surface area contributed by atoms with Crippen LogP contribution in [-0.4, -0.2) is 63.7 Å². The Kier molecular flexibility index (Phi) is 6.01. The minimum absolute atomic E-state index is 0.00216. The summed E-state index contributed by atoms with van der Waals surface area (Å²) in [5, 5.41) is 6.39. The molecule has 2 aromatic rings. The Morgan fingerprint density at radius 1 is 1.21 bits per heavy atom. The summed E-state index contributed by atoms with van der Waals surface area (Å²) in [5.41, 5.74) is 1.92. The van der Waals surface area contributed by atoms with Gasteiger partial charge in [-0.3, -0.25) is 4.79 Å². The molecule has 1 aliphatic rings. The minimum atomic E-state index is -3.87. The van der Waals surface area contributed by atoms with Gasteiger partial charge in [-0.1, -0.05) is 5.16 Å². The normalized spacial score (nSPS) is 15.1. The van der Waals surface area contributed by atoms with Crippen LogP contribution in [0.3, 0.4) is 0 Å². The average molecular weight is 408 g/mol. The number of amides is 1. The van der Waals surface area contributed by atoms with Gasteiger partial charge < -0.3 is 19.5 Å². The summed E-state index contributed by atoms with van der Waals surface area (Å²) in [5.74, 6) is -0.236. The Hall–Kier alpha value is -2.43. The summed E-state index contributed by atoms with van der Waals surface area (Å²) < 4.78 is 36.6. The fourth-order valence-corrected chi connectivity index (χ4v) is 4.47. The standard InChI is InChI=1S/C18H24N4O5S/c1-13-18(14(2)27-20-13)28(24,25)21(3)12-17(23)19-15-4-6-16(7-5-15)22-8-10-26-11-9-22/h4-7H,8-12H2,1-3H3,(H,19,23). The van der Waals surface area contributed by atoms with Crippen LogP contribution >= 0.6 is 0 Å². The highest BCUT2D eigenvalue weighted by atomic mass is 32.2. The maximum Gasteiger partial charge on any atom is 0.248 e. The van der Waals surface area contributed by atoms with Crippen LogP contribution in [0.25, 0.3) is 0 Å². The van der Waals surface area contributed by atoms with Gasteiger partial charge in [-0.2, -0.15) is 4.31 Å². The van der Waals surface area contributed by atoms with E-state index in [1.807, 2.05) is 12.1 Å². The quantitative estimate of drug-likeness (QED) is 0.770. The zero-order valence-corrected chi connectivity index (χ0v) is 17.0. The van der Waals surface area contributed by atoms with Crippen LogP contribution in [0.15, 0.2) is 33.7 Å². The van der Waals surface area contributed by atoms with Gasteiger partial charge in [0, 0.05) is 31.5 Å². The van der Waals surface area contributed by atoms with E-state index in [0.717, 1.165) is 23.1 Å². The number of nitrogens with one attached hydrogen (secondary N) is 1. The van der Waals surface area contributed by atoms with Crippen LogP contribution < -0.4 is 10.2 Å². The van der Waals surface area contributed by atoms with Crippen LogP contribution in [0.1, 0.15) is 11.5 Å². The molecule has 2 heterocycles. The lowest BCUT2D eigenvalue weighted by molar-refractivity contribution is -0.116. The van der Waals surface area contributed by atoms with Crippen molar-refractivity contribution in [1.82, 2.24) is 9.46 Å². The molecule has 0 radical (unpaired) electrons. The maximum atomic E-state index is 12.7. The molecule has 1 saturated heterocycles. The Morgan fingerprint density at radius 2 is 1.86 bits per heavy atom. The summed E-state index contributed by atoms with van der Waals surface area (Å²) in [6.45, 7) is 5.81. The van der Waals surface area contributed by atoms with E-state index in [1.165, 1.54) is 14.0 Å². The third kappa shape index (κ3) is 4.34. The molecule has 1 aromatic carbocycles. The molecule has 9 nitrogen and oxygen atoms in total. The number of nitrogens with zero attached hydrogens (tertiary/aromatic N) is 3. The molecule has 152 valence electrons. The van der Waals surface area contributed by atoms with E-state index in [0.29, 0.717) is 18.9 Å². The molecule has 0 unspecified atom stereocenters. The lowest BCUT2D eigenvalue weighted by Crippen LogP contribution is -2.36. The van der Waals surface area contributed by atoms with Gasteiger partial charge in [-0.25, -0.2) is 8.42 Å². The monoisotopic (exact) mass is 408 g/mol. The zero-order valence-electron chi connectivity index (χ0n) is 16.1. The van der Waals surface area contributed by atoms with Crippen LogP contribution in [0, 0.1) is 13.8 Å².